The van der Waals surface area contributed by atoms with Gasteiger partial charge in [0.05, 0.1) is 12.2 Å². The van der Waals surface area contributed by atoms with Gasteiger partial charge in [0.15, 0.2) is 0 Å². The lowest BCUT2D eigenvalue weighted by Gasteiger charge is -2.07. The van der Waals surface area contributed by atoms with Gasteiger partial charge in [0.2, 0.25) is 5.91 Å². The van der Waals surface area contributed by atoms with Gasteiger partial charge in [-0.3, -0.25) is 4.79 Å². The van der Waals surface area contributed by atoms with Crippen LogP contribution < -0.4 is 14.8 Å². The molecule has 5 nitrogen and oxygen atoms in total. The van der Waals surface area contributed by atoms with Crippen molar-refractivity contribution in [3.63, 3.8) is 0 Å². The fourth-order valence-corrected chi connectivity index (χ4v) is 1.88. The summed E-state index contributed by atoms with van der Waals surface area (Å²) in [6.07, 6.45) is 0.936. The van der Waals surface area contributed by atoms with Gasteiger partial charge in [-0.1, -0.05) is 6.92 Å². The van der Waals surface area contributed by atoms with Crippen LogP contribution in [-0.4, -0.2) is 18.5 Å². The summed E-state index contributed by atoms with van der Waals surface area (Å²) in [6, 6.07) is 13.4. The predicted molar refractivity (Wildman–Crippen MR) is 87.9 cm³/mol. The molecule has 2 aromatic carbocycles. The van der Waals surface area contributed by atoms with Gasteiger partial charge in [0.25, 0.3) is 0 Å². The molecule has 0 aliphatic rings. The fourth-order valence-electron chi connectivity index (χ4n) is 1.88. The van der Waals surface area contributed by atoms with E-state index in [2.05, 4.69) is 5.32 Å². The summed E-state index contributed by atoms with van der Waals surface area (Å²) in [6.45, 7) is 4.11. The van der Waals surface area contributed by atoms with Gasteiger partial charge < -0.3 is 14.8 Å². The van der Waals surface area contributed by atoms with Crippen LogP contribution >= 0.6 is 0 Å². The SMILES string of the molecule is CCCOc1ccc(OC(=O)c2ccc(NC(C)=O)cc2)cc1. The Labute approximate surface area is 135 Å². The van der Waals surface area contributed by atoms with Crippen LogP contribution in [0.5, 0.6) is 11.5 Å². The first-order chi connectivity index (χ1) is 11.1. The Balaban J connectivity index is 1.96. The molecule has 0 unspecified atom stereocenters. The Kier molecular flexibility index (Phi) is 5.74. The van der Waals surface area contributed by atoms with E-state index in [1.165, 1.54) is 6.92 Å². The maximum atomic E-state index is 12.1. The Morgan fingerprint density at radius 3 is 2.13 bits per heavy atom. The third-order valence-corrected chi connectivity index (χ3v) is 2.95. The van der Waals surface area contributed by atoms with Crippen molar-refractivity contribution in [3.05, 3.63) is 54.1 Å². The number of esters is 1. The zero-order valence-electron chi connectivity index (χ0n) is 13.2. The summed E-state index contributed by atoms with van der Waals surface area (Å²) in [5, 5.41) is 2.64. The van der Waals surface area contributed by atoms with E-state index in [0.717, 1.165) is 12.2 Å². The van der Waals surface area contributed by atoms with Crippen LogP contribution in [-0.2, 0) is 4.79 Å². The molecule has 0 saturated heterocycles. The molecule has 2 aromatic rings. The number of nitrogens with one attached hydrogen (secondary N) is 1. The lowest BCUT2D eigenvalue weighted by Crippen LogP contribution is -2.09. The van der Waals surface area contributed by atoms with E-state index in [9.17, 15) is 9.59 Å². The smallest absolute Gasteiger partial charge is 0.343 e. The van der Waals surface area contributed by atoms with E-state index in [4.69, 9.17) is 9.47 Å². The predicted octanol–water partition coefficient (Wildman–Crippen LogP) is 3.65. The van der Waals surface area contributed by atoms with E-state index in [1.54, 1.807) is 48.5 Å². The molecule has 0 saturated carbocycles. The number of carbonyl (C=O) groups excluding carboxylic acids is 2. The van der Waals surface area contributed by atoms with Crippen molar-refractivity contribution in [3.8, 4) is 11.5 Å². The van der Waals surface area contributed by atoms with Gasteiger partial charge in [-0.25, -0.2) is 4.79 Å². The maximum Gasteiger partial charge on any atom is 0.343 e. The quantitative estimate of drug-likeness (QED) is 0.653. The molecule has 0 radical (unpaired) electrons. The topological polar surface area (TPSA) is 64.6 Å². The highest BCUT2D eigenvalue weighted by molar-refractivity contribution is 5.93. The second kappa shape index (κ2) is 7.98. The van der Waals surface area contributed by atoms with E-state index < -0.39 is 5.97 Å². The highest BCUT2D eigenvalue weighted by Gasteiger charge is 2.09. The number of ether oxygens (including phenoxy) is 2. The molecule has 0 aliphatic heterocycles. The van der Waals surface area contributed by atoms with Crippen LogP contribution in [0.4, 0.5) is 5.69 Å². The van der Waals surface area contributed by atoms with Crippen molar-refractivity contribution in [2.45, 2.75) is 20.3 Å². The lowest BCUT2D eigenvalue weighted by molar-refractivity contribution is -0.114. The summed E-state index contributed by atoms with van der Waals surface area (Å²) in [5.41, 5.74) is 1.04. The number of amides is 1. The number of rotatable bonds is 6. The number of carbonyl (C=O) groups is 2. The third kappa shape index (κ3) is 5.14. The lowest BCUT2D eigenvalue weighted by atomic mass is 10.2. The van der Waals surface area contributed by atoms with Crippen LogP contribution in [0.1, 0.15) is 30.6 Å². The van der Waals surface area contributed by atoms with Crippen molar-refractivity contribution in [2.24, 2.45) is 0 Å². The third-order valence-electron chi connectivity index (χ3n) is 2.95. The maximum absolute atomic E-state index is 12.1. The average Bonchev–Trinajstić information content (AvgIpc) is 2.54. The molecule has 0 atom stereocenters. The molecule has 0 fully saturated rings. The van der Waals surface area contributed by atoms with E-state index in [-0.39, 0.29) is 5.91 Å². The van der Waals surface area contributed by atoms with Gasteiger partial charge in [0.1, 0.15) is 11.5 Å². The minimum Gasteiger partial charge on any atom is -0.494 e. The van der Waals surface area contributed by atoms with Crippen LogP contribution in [0.3, 0.4) is 0 Å². The first-order valence-corrected chi connectivity index (χ1v) is 7.41. The molecule has 23 heavy (non-hydrogen) atoms. The standard InChI is InChI=1S/C18H19NO4/c1-3-12-22-16-8-10-17(11-9-16)23-18(21)14-4-6-15(7-5-14)19-13(2)20/h4-11H,3,12H2,1-2H3,(H,19,20). The van der Waals surface area contributed by atoms with Gasteiger partial charge in [0, 0.05) is 12.6 Å². The monoisotopic (exact) mass is 313 g/mol. The van der Waals surface area contributed by atoms with Gasteiger partial charge in [-0.2, -0.15) is 0 Å². The second-order valence-corrected chi connectivity index (χ2v) is 4.97. The van der Waals surface area contributed by atoms with Crippen LogP contribution in [0.25, 0.3) is 0 Å². The average molecular weight is 313 g/mol. The molecule has 0 bridgehead atoms. The molecular formula is C18H19NO4. The molecule has 120 valence electrons. The normalized spacial score (nSPS) is 10.0. The van der Waals surface area contributed by atoms with Crippen LogP contribution in [0, 0.1) is 0 Å². The van der Waals surface area contributed by atoms with Crippen LogP contribution in [0.2, 0.25) is 0 Å². The Morgan fingerprint density at radius 2 is 1.57 bits per heavy atom. The fraction of sp³-hybridized carbons (Fsp3) is 0.222. The first kappa shape index (κ1) is 16.5. The van der Waals surface area contributed by atoms with Crippen molar-refractivity contribution < 1.29 is 19.1 Å². The molecule has 0 aromatic heterocycles. The first-order valence-electron chi connectivity index (χ1n) is 7.41. The van der Waals surface area contributed by atoms with Crippen molar-refractivity contribution in [1.82, 2.24) is 0 Å². The Hall–Kier alpha value is -2.82. The molecule has 1 amide bonds. The summed E-state index contributed by atoms with van der Waals surface area (Å²) in [7, 11) is 0. The van der Waals surface area contributed by atoms with Gasteiger partial charge in [-0.15, -0.1) is 0 Å². The number of hydrogen-bond acceptors (Lipinski definition) is 4. The molecule has 5 heteroatoms. The number of hydrogen-bond donors (Lipinski definition) is 1. The summed E-state index contributed by atoms with van der Waals surface area (Å²) in [5.74, 6) is 0.573. The Morgan fingerprint density at radius 1 is 0.957 bits per heavy atom. The molecule has 0 heterocycles. The zero-order valence-corrected chi connectivity index (χ0v) is 13.2. The van der Waals surface area contributed by atoms with Crippen LogP contribution in [0.15, 0.2) is 48.5 Å². The summed E-state index contributed by atoms with van der Waals surface area (Å²) >= 11 is 0. The second-order valence-electron chi connectivity index (χ2n) is 4.97. The van der Waals surface area contributed by atoms with Crippen molar-refractivity contribution >= 4 is 17.6 Å². The van der Waals surface area contributed by atoms with E-state index in [0.29, 0.717) is 23.6 Å². The molecule has 2 rings (SSSR count). The highest BCUT2D eigenvalue weighted by Crippen LogP contribution is 2.19. The molecule has 0 aliphatic carbocycles. The summed E-state index contributed by atoms with van der Waals surface area (Å²) < 4.78 is 10.8. The minimum absolute atomic E-state index is 0.161. The largest absolute Gasteiger partial charge is 0.494 e. The van der Waals surface area contributed by atoms with Crippen molar-refractivity contribution in [2.75, 3.05) is 11.9 Å². The molecular weight excluding hydrogens is 294 g/mol. The zero-order chi connectivity index (χ0) is 16.7. The number of benzene rings is 2. The minimum atomic E-state index is -0.457. The summed E-state index contributed by atoms with van der Waals surface area (Å²) in [4.78, 5) is 23.0. The Bertz CT molecular complexity index is 662. The molecule has 1 N–H and O–H groups in total. The van der Waals surface area contributed by atoms with E-state index in [1.807, 2.05) is 6.92 Å². The highest BCUT2D eigenvalue weighted by atomic mass is 16.5. The van der Waals surface area contributed by atoms with Gasteiger partial charge >= 0.3 is 5.97 Å². The molecule has 0 spiro atoms. The van der Waals surface area contributed by atoms with Crippen molar-refractivity contribution in [1.29, 1.82) is 0 Å². The van der Waals surface area contributed by atoms with Gasteiger partial charge in [-0.05, 0) is 55.0 Å². The number of anilines is 1. The van der Waals surface area contributed by atoms with E-state index >= 15 is 0 Å².